The van der Waals surface area contributed by atoms with Crippen molar-refractivity contribution in [2.24, 2.45) is 0 Å². The lowest BCUT2D eigenvalue weighted by atomic mass is 9.78. The van der Waals surface area contributed by atoms with E-state index in [0.717, 1.165) is 30.0 Å². The van der Waals surface area contributed by atoms with Crippen molar-refractivity contribution in [3.63, 3.8) is 0 Å². The topological polar surface area (TPSA) is 41.6 Å². The van der Waals surface area contributed by atoms with E-state index in [2.05, 4.69) is 24.4 Å². The van der Waals surface area contributed by atoms with Crippen molar-refractivity contribution in [2.75, 3.05) is 7.11 Å². The number of ether oxygens (including phenoxy) is 1. The number of carbonyl (C=O) groups is 1. The molecule has 2 aliphatic carbocycles. The van der Waals surface area contributed by atoms with Crippen LogP contribution in [-0.4, -0.2) is 23.5 Å². The quantitative estimate of drug-likeness (QED) is 0.741. The minimum Gasteiger partial charge on any atom is -0.497 e. The number of nitrogens with zero attached hydrogens (tertiary/aromatic N) is 1. The molecule has 4 nitrogen and oxygen atoms in total. The number of fused-ring (bicyclic) bond motifs is 1. The number of amides is 1. The van der Waals surface area contributed by atoms with E-state index in [1.807, 2.05) is 29.2 Å². The molecule has 1 aliphatic heterocycles. The number of rotatable bonds is 7. The molecule has 29 heavy (non-hydrogen) atoms. The highest BCUT2D eigenvalue weighted by atomic mass is 16.5. The third-order valence-electron chi connectivity index (χ3n) is 6.94. The molecule has 5 rings (SSSR count). The van der Waals surface area contributed by atoms with Crippen LogP contribution in [-0.2, 0) is 19.6 Å². The Labute approximate surface area is 173 Å². The molecule has 3 aliphatic rings. The first kappa shape index (κ1) is 18.7. The molecule has 1 N–H and O–H groups in total. The molecule has 2 fully saturated rings. The molecule has 0 spiro atoms. The van der Waals surface area contributed by atoms with Gasteiger partial charge in [-0.3, -0.25) is 4.79 Å². The van der Waals surface area contributed by atoms with Crippen molar-refractivity contribution in [3.05, 3.63) is 64.2 Å². The number of benzene rings is 2. The fourth-order valence-electron chi connectivity index (χ4n) is 4.70. The maximum atomic E-state index is 13.2. The van der Waals surface area contributed by atoms with Crippen LogP contribution in [0.2, 0.25) is 0 Å². The second-order valence-corrected chi connectivity index (χ2v) is 9.26. The molecule has 4 heteroatoms. The SMILES string of the molecule is COc1ccc(CN2Cc3c(cc(CNC4(C)CCC4)cc3C3CC3)C2=O)cc1. The van der Waals surface area contributed by atoms with Gasteiger partial charge in [-0.25, -0.2) is 0 Å². The maximum Gasteiger partial charge on any atom is 0.254 e. The van der Waals surface area contributed by atoms with Gasteiger partial charge >= 0.3 is 0 Å². The Morgan fingerprint density at radius 2 is 1.90 bits per heavy atom. The zero-order valence-electron chi connectivity index (χ0n) is 17.5. The summed E-state index contributed by atoms with van der Waals surface area (Å²) in [4.78, 5) is 15.2. The summed E-state index contributed by atoms with van der Waals surface area (Å²) in [5.41, 5.74) is 6.30. The molecule has 0 aromatic heterocycles. The maximum absolute atomic E-state index is 13.2. The Morgan fingerprint density at radius 3 is 2.52 bits per heavy atom. The van der Waals surface area contributed by atoms with Crippen LogP contribution in [0.1, 0.15) is 77.6 Å². The van der Waals surface area contributed by atoms with E-state index in [9.17, 15) is 4.79 Å². The summed E-state index contributed by atoms with van der Waals surface area (Å²) in [5.74, 6) is 1.67. The van der Waals surface area contributed by atoms with E-state index >= 15 is 0 Å². The van der Waals surface area contributed by atoms with Crippen LogP contribution < -0.4 is 10.1 Å². The summed E-state index contributed by atoms with van der Waals surface area (Å²) >= 11 is 0. The lowest BCUT2D eigenvalue weighted by Crippen LogP contribution is -2.47. The van der Waals surface area contributed by atoms with E-state index in [1.54, 1.807) is 7.11 Å². The van der Waals surface area contributed by atoms with Crippen LogP contribution in [0.4, 0.5) is 0 Å². The van der Waals surface area contributed by atoms with E-state index < -0.39 is 0 Å². The summed E-state index contributed by atoms with van der Waals surface area (Å²) in [6.45, 7) is 4.55. The van der Waals surface area contributed by atoms with Gasteiger partial charge in [-0.15, -0.1) is 0 Å². The highest BCUT2D eigenvalue weighted by Gasteiger charge is 2.36. The Bertz CT molecular complexity index is 927. The van der Waals surface area contributed by atoms with Gasteiger partial charge in [0.1, 0.15) is 5.75 Å². The van der Waals surface area contributed by atoms with Crippen LogP contribution in [0.25, 0.3) is 0 Å². The lowest BCUT2D eigenvalue weighted by Gasteiger charge is -2.39. The fraction of sp³-hybridized carbons (Fsp3) is 0.480. The van der Waals surface area contributed by atoms with Gasteiger partial charge in [-0.1, -0.05) is 18.2 Å². The largest absolute Gasteiger partial charge is 0.497 e. The standard InChI is InChI=1S/C25H30N2O2/c1-25(10-3-11-25)26-14-18-12-21(19-6-7-19)23-16-27(24(28)22(23)13-18)15-17-4-8-20(29-2)9-5-17/h4-5,8-9,12-13,19,26H,3,6-7,10-11,14-16H2,1-2H3. The number of hydrogen-bond donors (Lipinski definition) is 1. The smallest absolute Gasteiger partial charge is 0.254 e. The molecule has 0 bridgehead atoms. The molecule has 0 saturated heterocycles. The van der Waals surface area contributed by atoms with E-state index in [0.29, 0.717) is 12.5 Å². The van der Waals surface area contributed by atoms with Gasteiger partial charge in [-0.2, -0.15) is 0 Å². The fourth-order valence-corrected chi connectivity index (χ4v) is 4.70. The third kappa shape index (κ3) is 3.66. The first-order chi connectivity index (χ1) is 14.0. The van der Waals surface area contributed by atoms with Crippen molar-refractivity contribution in [1.29, 1.82) is 0 Å². The number of methoxy groups -OCH3 is 1. The molecular formula is C25H30N2O2. The van der Waals surface area contributed by atoms with Crippen molar-refractivity contribution in [2.45, 2.75) is 70.1 Å². The molecule has 1 heterocycles. The Kier molecular flexibility index (Phi) is 4.62. The highest BCUT2D eigenvalue weighted by Crippen LogP contribution is 2.45. The second-order valence-electron chi connectivity index (χ2n) is 9.26. The van der Waals surface area contributed by atoms with Gasteiger partial charge in [0.2, 0.25) is 0 Å². The Hall–Kier alpha value is -2.33. The zero-order valence-corrected chi connectivity index (χ0v) is 17.5. The lowest BCUT2D eigenvalue weighted by molar-refractivity contribution is 0.0766. The number of nitrogens with one attached hydrogen (secondary N) is 1. The summed E-state index contributed by atoms with van der Waals surface area (Å²) < 4.78 is 5.25. The summed E-state index contributed by atoms with van der Waals surface area (Å²) in [5, 5.41) is 3.73. The van der Waals surface area contributed by atoms with Gasteiger partial charge in [0.15, 0.2) is 0 Å². The van der Waals surface area contributed by atoms with Crippen molar-refractivity contribution in [1.82, 2.24) is 10.2 Å². The molecule has 1 amide bonds. The van der Waals surface area contributed by atoms with Crippen LogP contribution in [0.15, 0.2) is 36.4 Å². The molecule has 0 unspecified atom stereocenters. The van der Waals surface area contributed by atoms with Crippen LogP contribution in [0, 0.1) is 0 Å². The second kappa shape index (κ2) is 7.17. The van der Waals surface area contributed by atoms with Gasteiger partial charge < -0.3 is 15.0 Å². The highest BCUT2D eigenvalue weighted by molar-refractivity contribution is 5.99. The van der Waals surface area contributed by atoms with Gasteiger partial charge in [0.05, 0.1) is 7.11 Å². The van der Waals surface area contributed by atoms with E-state index in [1.165, 1.54) is 48.8 Å². The molecule has 0 radical (unpaired) electrons. The monoisotopic (exact) mass is 390 g/mol. The van der Waals surface area contributed by atoms with Gasteiger partial charge in [0, 0.05) is 30.7 Å². The minimum atomic E-state index is 0.175. The third-order valence-corrected chi connectivity index (χ3v) is 6.94. The van der Waals surface area contributed by atoms with E-state index in [4.69, 9.17) is 4.74 Å². The van der Waals surface area contributed by atoms with Crippen LogP contribution in [0.5, 0.6) is 5.75 Å². The summed E-state index contributed by atoms with van der Waals surface area (Å²) in [6, 6.07) is 12.5. The molecule has 0 atom stereocenters. The first-order valence-corrected chi connectivity index (χ1v) is 10.9. The molecule has 2 aromatic rings. The number of hydrogen-bond acceptors (Lipinski definition) is 3. The van der Waals surface area contributed by atoms with Crippen molar-refractivity contribution in [3.8, 4) is 5.75 Å². The van der Waals surface area contributed by atoms with Crippen molar-refractivity contribution < 1.29 is 9.53 Å². The predicted molar refractivity (Wildman–Crippen MR) is 114 cm³/mol. The van der Waals surface area contributed by atoms with Gasteiger partial charge in [0.25, 0.3) is 5.91 Å². The average molecular weight is 391 g/mol. The van der Waals surface area contributed by atoms with E-state index in [-0.39, 0.29) is 11.4 Å². The first-order valence-electron chi connectivity index (χ1n) is 10.9. The normalized spacial score (nSPS) is 19.8. The Balaban J connectivity index is 1.36. The zero-order chi connectivity index (χ0) is 20.0. The molecule has 2 aromatic carbocycles. The van der Waals surface area contributed by atoms with Crippen molar-refractivity contribution >= 4 is 5.91 Å². The molecule has 152 valence electrons. The van der Waals surface area contributed by atoms with Gasteiger partial charge in [-0.05, 0) is 85.4 Å². The average Bonchev–Trinajstić information content (AvgIpc) is 3.51. The Morgan fingerprint density at radius 1 is 1.14 bits per heavy atom. The molecule has 2 saturated carbocycles. The number of carbonyl (C=O) groups excluding carboxylic acids is 1. The summed E-state index contributed by atoms with van der Waals surface area (Å²) in [7, 11) is 1.67. The predicted octanol–water partition coefficient (Wildman–Crippen LogP) is 4.76. The summed E-state index contributed by atoms with van der Waals surface area (Å²) in [6.07, 6.45) is 6.34. The van der Waals surface area contributed by atoms with Crippen LogP contribution in [0.3, 0.4) is 0 Å². The molecular weight excluding hydrogens is 360 g/mol. The van der Waals surface area contributed by atoms with Crippen LogP contribution >= 0.6 is 0 Å². The minimum absolute atomic E-state index is 0.175.